The van der Waals surface area contributed by atoms with Crippen LogP contribution in [-0.4, -0.2) is 74.6 Å². The number of aryl methyl sites for hydroxylation is 1. The van der Waals surface area contributed by atoms with Gasteiger partial charge in [-0.05, 0) is 42.9 Å². The van der Waals surface area contributed by atoms with E-state index >= 15 is 0 Å². The highest BCUT2D eigenvalue weighted by molar-refractivity contribution is 5.96. The second-order valence-electron chi connectivity index (χ2n) is 8.77. The molecule has 3 heterocycles. The predicted octanol–water partition coefficient (Wildman–Crippen LogP) is -3.87. The molecule has 1 aliphatic carbocycles. The van der Waals surface area contributed by atoms with E-state index in [1.54, 1.807) is 6.07 Å². The zero-order valence-electron chi connectivity index (χ0n) is 17.3. The van der Waals surface area contributed by atoms with Crippen LogP contribution >= 0.6 is 0 Å². The van der Waals surface area contributed by atoms with Crippen molar-refractivity contribution in [3.8, 4) is 0 Å². The van der Waals surface area contributed by atoms with Gasteiger partial charge in [0.05, 0.1) is 6.54 Å². The van der Waals surface area contributed by atoms with E-state index in [9.17, 15) is 19.8 Å². The first kappa shape index (κ1) is 20.5. The largest absolute Gasteiger partial charge is 0.370 e. The standard InChI is InChI=1S/C20H26N8O4/c21-15(29)13-14-19(27-17(22)26-14)20(31,32)12(8-28(19)18(23)25-13)24-16(30)11-7-3-5-9-4-1-2-6-10(9)11/h3,5,7,12-14,31-32H,1-2,4,6,8H2,(H8,21,22,23,24,25,26,27,29,30)/p+1/t12-,13?,14-,19-/m0/s1. The van der Waals surface area contributed by atoms with Crippen LogP contribution in [0.4, 0.5) is 0 Å². The summed E-state index contributed by atoms with van der Waals surface area (Å²) < 4.78 is 1.42. The zero-order chi connectivity index (χ0) is 22.8. The number of nitrogens with two attached hydrogens (primary N) is 3. The summed E-state index contributed by atoms with van der Waals surface area (Å²) in [7, 11) is 0. The Labute approximate surface area is 183 Å². The summed E-state index contributed by atoms with van der Waals surface area (Å²) in [5.41, 5.74) is 18.3. The van der Waals surface area contributed by atoms with Crippen molar-refractivity contribution >= 4 is 23.7 Å². The number of rotatable bonds is 3. The number of hydrogen-bond acceptors (Lipinski definition) is 9. The van der Waals surface area contributed by atoms with Gasteiger partial charge in [-0.25, -0.2) is 9.57 Å². The van der Waals surface area contributed by atoms with Gasteiger partial charge in [-0.2, -0.15) is 0 Å². The molecule has 4 atom stereocenters. The Morgan fingerprint density at radius 1 is 1.22 bits per heavy atom. The number of fused-ring (bicyclic) bond motifs is 1. The van der Waals surface area contributed by atoms with E-state index < -0.39 is 41.4 Å². The van der Waals surface area contributed by atoms with Crippen molar-refractivity contribution in [3.63, 3.8) is 0 Å². The highest BCUT2D eigenvalue weighted by Gasteiger charge is 2.75. The monoisotopic (exact) mass is 443 g/mol. The number of guanidine groups is 2. The summed E-state index contributed by atoms with van der Waals surface area (Å²) in [5.74, 6) is -3.90. The molecule has 0 bridgehead atoms. The Kier molecular flexibility index (Phi) is 4.37. The third kappa shape index (κ3) is 2.62. The van der Waals surface area contributed by atoms with Gasteiger partial charge in [0.15, 0.2) is 18.0 Å². The predicted molar refractivity (Wildman–Crippen MR) is 113 cm³/mol. The van der Waals surface area contributed by atoms with Crippen molar-refractivity contribution in [1.82, 2.24) is 16.0 Å². The van der Waals surface area contributed by atoms with Crippen molar-refractivity contribution in [2.75, 3.05) is 6.54 Å². The summed E-state index contributed by atoms with van der Waals surface area (Å²) in [5, 5.41) is 31.0. The van der Waals surface area contributed by atoms with Crippen molar-refractivity contribution in [2.24, 2.45) is 22.2 Å². The third-order valence-electron chi connectivity index (χ3n) is 7.02. The van der Waals surface area contributed by atoms with E-state index in [4.69, 9.17) is 17.2 Å². The van der Waals surface area contributed by atoms with E-state index in [0.29, 0.717) is 5.56 Å². The van der Waals surface area contributed by atoms with E-state index in [1.807, 2.05) is 12.1 Å². The summed E-state index contributed by atoms with van der Waals surface area (Å²) in [6.45, 7) is -0.0651. The third-order valence-corrected chi connectivity index (χ3v) is 7.02. The Bertz CT molecular complexity index is 1080. The summed E-state index contributed by atoms with van der Waals surface area (Å²) >= 11 is 0. The Balaban J connectivity index is 1.51. The molecule has 4 aliphatic rings. The van der Waals surface area contributed by atoms with Gasteiger partial charge in [-0.1, -0.05) is 12.1 Å². The maximum absolute atomic E-state index is 13.2. The van der Waals surface area contributed by atoms with Crippen LogP contribution in [0.3, 0.4) is 0 Å². The normalized spacial score (nSPS) is 32.1. The van der Waals surface area contributed by atoms with Crippen molar-refractivity contribution < 1.29 is 24.4 Å². The van der Waals surface area contributed by atoms with Gasteiger partial charge in [0.2, 0.25) is 11.4 Å². The van der Waals surface area contributed by atoms with E-state index in [0.717, 1.165) is 36.8 Å². The number of aliphatic imine (C=N–C) groups is 1. The van der Waals surface area contributed by atoms with E-state index in [2.05, 4.69) is 20.9 Å². The molecule has 32 heavy (non-hydrogen) atoms. The van der Waals surface area contributed by atoms with Crippen LogP contribution in [0.15, 0.2) is 23.2 Å². The van der Waals surface area contributed by atoms with Crippen LogP contribution in [-0.2, 0) is 17.6 Å². The van der Waals surface area contributed by atoms with Crippen LogP contribution in [0.25, 0.3) is 0 Å². The Hall–Kier alpha value is -3.38. The average Bonchev–Trinajstić information content (AvgIpc) is 3.22. The minimum absolute atomic E-state index is 0.0104. The summed E-state index contributed by atoms with van der Waals surface area (Å²) in [6, 6.07) is 2.19. The number of nitrogens with zero attached hydrogens (tertiary/aromatic N) is 2. The van der Waals surface area contributed by atoms with Gasteiger partial charge in [0, 0.05) is 5.56 Å². The molecule has 1 aromatic carbocycles. The molecule has 1 saturated heterocycles. The fraction of sp³-hybridized carbons (Fsp3) is 0.500. The first-order valence-corrected chi connectivity index (χ1v) is 10.6. The minimum Gasteiger partial charge on any atom is -0.370 e. The van der Waals surface area contributed by atoms with Crippen LogP contribution in [0.1, 0.15) is 34.3 Å². The highest BCUT2D eigenvalue weighted by Crippen LogP contribution is 2.41. The maximum atomic E-state index is 13.2. The van der Waals surface area contributed by atoms with Gasteiger partial charge < -0.3 is 32.3 Å². The average molecular weight is 443 g/mol. The molecular formula is C20H27N8O4+. The smallest absolute Gasteiger partial charge is 0.346 e. The number of benzene rings is 1. The summed E-state index contributed by atoms with van der Waals surface area (Å²) in [6.07, 6.45) is 3.78. The second kappa shape index (κ2) is 6.81. The molecule has 1 unspecified atom stereocenters. The molecule has 1 aromatic rings. The van der Waals surface area contributed by atoms with E-state index in [1.165, 1.54) is 4.58 Å². The number of primary amides is 1. The van der Waals surface area contributed by atoms with Crippen LogP contribution in [0.2, 0.25) is 0 Å². The van der Waals surface area contributed by atoms with Gasteiger partial charge in [-0.15, -0.1) is 0 Å². The number of amides is 2. The molecule has 12 nitrogen and oxygen atoms in total. The first-order valence-electron chi connectivity index (χ1n) is 10.6. The number of carbonyl (C=O) groups excluding carboxylic acids is 2. The fourth-order valence-corrected chi connectivity index (χ4v) is 5.52. The number of nitrogens with one attached hydrogen (secondary N) is 3. The second-order valence-corrected chi connectivity index (χ2v) is 8.77. The topological polar surface area (TPSA) is 204 Å². The molecule has 0 aromatic heterocycles. The number of aliphatic hydroxyl groups is 2. The van der Waals surface area contributed by atoms with Crippen molar-refractivity contribution in [3.05, 3.63) is 34.9 Å². The molecular weight excluding hydrogens is 416 g/mol. The van der Waals surface area contributed by atoms with Gasteiger partial charge in [0.1, 0.15) is 6.04 Å². The van der Waals surface area contributed by atoms with Crippen molar-refractivity contribution in [1.29, 1.82) is 0 Å². The first-order chi connectivity index (χ1) is 15.2. The lowest BCUT2D eigenvalue weighted by molar-refractivity contribution is -0.622. The Morgan fingerprint density at radius 3 is 2.72 bits per heavy atom. The quantitative estimate of drug-likeness (QED) is 0.171. The minimum atomic E-state index is -2.59. The lowest BCUT2D eigenvalue weighted by Crippen LogP contribution is -2.80. The molecule has 2 amide bonds. The lowest BCUT2D eigenvalue weighted by Gasteiger charge is -2.43. The van der Waals surface area contributed by atoms with Crippen molar-refractivity contribution in [2.45, 2.75) is 55.3 Å². The van der Waals surface area contributed by atoms with Crippen LogP contribution < -0.4 is 33.2 Å². The molecule has 1 fully saturated rings. The molecule has 11 N–H and O–H groups in total. The van der Waals surface area contributed by atoms with Gasteiger partial charge in [0.25, 0.3) is 11.8 Å². The SMILES string of the molecule is NC(=O)C1NC(N)=[N+]2C[C@H](NC(=O)c3cccc4c3CCCC4)C(O)(O)[C@@]23NC(N)=N[C@@H]13. The molecule has 0 saturated carbocycles. The summed E-state index contributed by atoms with van der Waals surface area (Å²) in [4.78, 5) is 29.4. The molecule has 1 spiro atoms. The van der Waals surface area contributed by atoms with Crippen LogP contribution in [0, 0.1) is 0 Å². The molecule has 3 aliphatic heterocycles. The molecule has 12 heteroatoms. The van der Waals surface area contributed by atoms with Gasteiger partial charge in [-0.3, -0.25) is 20.6 Å². The molecule has 5 rings (SSSR count). The molecule has 170 valence electrons. The highest BCUT2D eigenvalue weighted by atomic mass is 16.5. The fourth-order valence-electron chi connectivity index (χ4n) is 5.52. The van der Waals surface area contributed by atoms with E-state index in [-0.39, 0.29) is 18.5 Å². The molecule has 0 radical (unpaired) electrons. The maximum Gasteiger partial charge on any atom is 0.346 e. The van der Waals surface area contributed by atoms with Crippen LogP contribution in [0.5, 0.6) is 0 Å². The number of hydrogen-bond donors (Lipinski definition) is 8. The lowest BCUT2D eigenvalue weighted by atomic mass is 9.84. The number of carbonyl (C=O) groups is 2. The Morgan fingerprint density at radius 2 is 1.97 bits per heavy atom. The van der Waals surface area contributed by atoms with Gasteiger partial charge >= 0.3 is 5.96 Å². The zero-order valence-corrected chi connectivity index (χ0v) is 17.3.